The van der Waals surface area contributed by atoms with E-state index in [4.69, 9.17) is 0 Å². The lowest BCUT2D eigenvalue weighted by Gasteiger charge is -2.10. The standard InChI is InChI=1S/C12H15F4N/c1-2-3-6-17-8-9-4-5-11(13)10(7-9)12(14,15)16/h4-5,7,17H,2-3,6,8H2,1H3. The van der Waals surface area contributed by atoms with Crippen LogP contribution in [-0.4, -0.2) is 6.54 Å². The molecule has 0 saturated heterocycles. The van der Waals surface area contributed by atoms with Crippen LogP contribution in [0.15, 0.2) is 18.2 Å². The molecule has 0 aliphatic heterocycles. The minimum absolute atomic E-state index is 0.323. The van der Waals surface area contributed by atoms with Crippen molar-refractivity contribution in [3.8, 4) is 0 Å². The first-order valence-electron chi connectivity index (χ1n) is 5.51. The topological polar surface area (TPSA) is 12.0 Å². The van der Waals surface area contributed by atoms with Crippen LogP contribution >= 0.6 is 0 Å². The highest BCUT2D eigenvalue weighted by Crippen LogP contribution is 2.31. The number of hydrogen-bond acceptors (Lipinski definition) is 1. The quantitative estimate of drug-likeness (QED) is 0.619. The molecule has 0 aliphatic rings. The summed E-state index contributed by atoms with van der Waals surface area (Å²) in [5.41, 5.74) is -0.762. The molecule has 5 heteroatoms. The van der Waals surface area contributed by atoms with E-state index in [2.05, 4.69) is 5.32 Å². The van der Waals surface area contributed by atoms with Gasteiger partial charge in [-0.1, -0.05) is 19.4 Å². The van der Waals surface area contributed by atoms with Crippen LogP contribution < -0.4 is 5.32 Å². The van der Waals surface area contributed by atoms with Gasteiger partial charge in [-0.25, -0.2) is 4.39 Å². The zero-order valence-corrected chi connectivity index (χ0v) is 9.57. The van der Waals surface area contributed by atoms with Gasteiger partial charge in [0.2, 0.25) is 0 Å². The summed E-state index contributed by atoms with van der Waals surface area (Å²) in [4.78, 5) is 0. The zero-order valence-electron chi connectivity index (χ0n) is 9.57. The Labute approximate surface area is 97.8 Å². The van der Waals surface area contributed by atoms with Gasteiger partial charge in [-0.05, 0) is 30.7 Å². The maximum atomic E-state index is 13.0. The van der Waals surface area contributed by atoms with Crippen molar-refractivity contribution in [2.24, 2.45) is 0 Å². The van der Waals surface area contributed by atoms with Gasteiger partial charge in [0.05, 0.1) is 5.56 Å². The highest BCUT2D eigenvalue weighted by Gasteiger charge is 2.34. The van der Waals surface area contributed by atoms with Crippen molar-refractivity contribution in [3.63, 3.8) is 0 Å². The van der Waals surface area contributed by atoms with Gasteiger partial charge in [0.1, 0.15) is 5.82 Å². The maximum absolute atomic E-state index is 13.0. The molecule has 0 aromatic heterocycles. The molecule has 0 radical (unpaired) electrons. The first-order valence-corrected chi connectivity index (χ1v) is 5.51. The zero-order chi connectivity index (χ0) is 12.9. The summed E-state index contributed by atoms with van der Waals surface area (Å²) in [6.07, 6.45) is -2.65. The number of unbranched alkanes of at least 4 members (excludes halogenated alkanes) is 1. The Bertz CT molecular complexity index is 360. The van der Waals surface area contributed by atoms with E-state index in [1.54, 1.807) is 0 Å². The molecule has 0 atom stereocenters. The Morgan fingerprint density at radius 1 is 1.24 bits per heavy atom. The summed E-state index contributed by atoms with van der Waals surface area (Å²) in [5.74, 6) is -1.23. The second-order valence-corrected chi connectivity index (χ2v) is 3.84. The minimum atomic E-state index is -4.64. The first-order chi connectivity index (χ1) is 7.95. The smallest absolute Gasteiger partial charge is 0.313 e. The van der Waals surface area contributed by atoms with Crippen molar-refractivity contribution in [2.45, 2.75) is 32.5 Å². The van der Waals surface area contributed by atoms with Crippen molar-refractivity contribution in [3.05, 3.63) is 35.1 Å². The fourth-order valence-corrected chi connectivity index (χ4v) is 1.43. The third-order valence-electron chi connectivity index (χ3n) is 2.37. The fraction of sp³-hybridized carbons (Fsp3) is 0.500. The van der Waals surface area contributed by atoms with Gasteiger partial charge in [0, 0.05) is 6.54 Å². The van der Waals surface area contributed by atoms with Crippen LogP contribution in [0.4, 0.5) is 17.6 Å². The van der Waals surface area contributed by atoms with Gasteiger partial charge in [-0.15, -0.1) is 0 Å². The van der Waals surface area contributed by atoms with Crippen LogP contribution in [0.25, 0.3) is 0 Å². The maximum Gasteiger partial charge on any atom is 0.419 e. The minimum Gasteiger partial charge on any atom is -0.313 e. The molecule has 1 nitrogen and oxygen atoms in total. The monoisotopic (exact) mass is 249 g/mol. The van der Waals surface area contributed by atoms with E-state index < -0.39 is 17.6 Å². The third-order valence-corrected chi connectivity index (χ3v) is 2.37. The molecule has 0 amide bonds. The van der Waals surface area contributed by atoms with E-state index in [0.717, 1.165) is 31.5 Å². The second-order valence-electron chi connectivity index (χ2n) is 3.84. The lowest BCUT2D eigenvalue weighted by molar-refractivity contribution is -0.140. The summed E-state index contributed by atoms with van der Waals surface area (Å²) in [5, 5.41) is 3.01. The lowest BCUT2D eigenvalue weighted by Crippen LogP contribution is -2.16. The number of rotatable bonds is 5. The van der Waals surface area contributed by atoms with E-state index in [1.807, 2.05) is 6.92 Å². The molecule has 0 unspecified atom stereocenters. The average molecular weight is 249 g/mol. The summed E-state index contributed by atoms with van der Waals surface area (Å²) >= 11 is 0. The molecule has 0 fully saturated rings. The van der Waals surface area contributed by atoms with E-state index in [9.17, 15) is 17.6 Å². The molecule has 0 saturated carbocycles. The summed E-state index contributed by atoms with van der Waals surface area (Å²) in [6, 6.07) is 3.08. The average Bonchev–Trinajstić information content (AvgIpc) is 2.25. The van der Waals surface area contributed by atoms with Crippen LogP contribution in [0.2, 0.25) is 0 Å². The van der Waals surface area contributed by atoms with E-state index in [1.165, 1.54) is 6.07 Å². The van der Waals surface area contributed by atoms with E-state index in [0.29, 0.717) is 12.1 Å². The number of halogens is 4. The Hall–Kier alpha value is -1.10. The van der Waals surface area contributed by atoms with Crippen LogP contribution in [0, 0.1) is 5.82 Å². The molecule has 17 heavy (non-hydrogen) atoms. The molecule has 1 rings (SSSR count). The predicted molar refractivity (Wildman–Crippen MR) is 58.0 cm³/mol. The molecule has 0 bridgehead atoms. The third kappa shape index (κ3) is 4.34. The SMILES string of the molecule is CCCCNCc1ccc(F)c(C(F)(F)F)c1. The summed E-state index contributed by atoms with van der Waals surface area (Å²) < 4.78 is 50.2. The van der Waals surface area contributed by atoms with Gasteiger partial charge < -0.3 is 5.32 Å². The Kier molecular flexibility index (Phi) is 4.93. The van der Waals surface area contributed by atoms with Gasteiger partial charge in [-0.3, -0.25) is 0 Å². The van der Waals surface area contributed by atoms with Crippen molar-refractivity contribution < 1.29 is 17.6 Å². The highest BCUT2D eigenvalue weighted by molar-refractivity contribution is 5.27. The van der Waals surface area contributed by atoms with E-state index >= 15 is 0 Å². The summed E-state index contributed by atoms with van der Waals surface area (Å²) in [7, 11) is 0. The van der Waals surface area contributed by atoms with Gasteiger partial charge in [0.25, 0.3) is 0 Å². The number of nitrogens with one attached hydrogen (secondary N) is 1. The number of hydrogen-bond donors (Lipinski definition) is 1. The Morgan fingerprint density at radius 3 is 2.53 bits per heavy atom. The molecule has 1 aromatic carbocycles. The number of alkyl halides is 3. The van der Waals surface area contributed by atoms with Gasteiger partial charge >= 0.3 is 6.18 Å². The Morgan fingerprint density at radius 2 is 1.94 bits per heavy atom. The van der Waals surface area contributed by atoms with Crippen LogP contribution in [0.5, 0.6) is 0 Å². The van der Waals surface area contributed by atoms with E-state index in [-0.39, 0.29) is 0 Å². The molecule has 0 spiro atoms. The van der Waals surface area contributed by atoms with Crippen LogP contribution in [0.1, 0.15) is 30.9 Å². The van der Waals surface area contributed by atoms with Gasteiger partial charge in [-0.2, -0.15) is 13.2 Å². The fourth-order valence-electron chi connectivity index (χ4n) is 1.43. The lowest BCUT2D eigenvalue weighted by atomic mass is 10.1. The normalized spacial score (nSPS) is 11.8. The molecule has 96 valence electrons. The summed E-state index contributed by atoms with van der Waals surface area (Å²) in [6.45, 7) is 3.10. The van der Waals surface area contributed by atoms with Crippen molar-refractivity contribution in [1.82, 2.24) is 5.32 Å². The molecular formula is C12H15F4N. The molecular weight excluding hydrogens is 234 g/mol. The van der Waals surface area contributed by atoms with Crippen molar-refractivity contribution >= 4 is 0 Å². The molecule has 0 heterocycles. The predicted octanol–water partition coefficient (Wildman–Crippen LogP) is 3.73. The first kappa shape index (κ1) is 14.0. The van der Waals surface area contributed by atoms with Crippen LogP contribution in [-0.2, 0) is 12.7 Å². The van der Waals surface area contributed by atoms with Crippen molar-refractivity contribution in [2.75, 3.05) is 6.54 Å². The van der Waals surface area contributed by atoms with Crippen molar-refractivity contribution in [1.29, 1.82) is 0 Å². The number of benzene rings is 1. The molecule has 1 aromatic rings. The van der Waals surface area contributed by atoms with Crippen LogP contribution in [0.3, 0.4) is 0 Å². The Balaban J connectivity index is 2.69. The second kappa shape index (κ2) is 6.00. The molecule has 0 aliphatic carbocycles. The molecule has 1 N–H and O–H groups in total. The van der Waals surface area contributed by atoms with Gasteiger partial charge in [0.15, 0.2) is 0 Å². The largest absolute Gasteiger partial charge is 0.419 e. The highest BCUT2D eigenvalue weighted by atomic mass is 19.4.